The molecule has 1 aromatic heterocycles. The first-order chi connectivity index (χ1) is 17.8. The average molecular weight is 501 g/mol. The maximum atomic E-state index is 14.6. The van der Waals surface area contributed by atoms with Crippen LogP contribution in [0.25, 0.3) is 22.0 Å². The van der Waals surface area contributed by atoms with Crippen molar-refractivity contribution in [2.45, 2.75) is 52.3 Å². The van der Waals surface area contributed by atoms with Crippen LogP contribution < -0.4 is 10.1 Å². The molecule has 0 radical (unpaired) electrons. The Bertz CT molecular complexity index is 1390. The molecule has 37 heavy (non-hydrogen) atoms. The summed E-state index contributed by atoms with van der Waals surface area (Å²) in [5.74, 6) is 0.152. The number of carbonyl (C=O) groups excluding carboxylic acids is 1. The minimum absolute atomic E-state index is 0.0275. The van der Waals surface area contributed by atoms with Crippen molar-refractivity contribution in [1.82, 2.24) is 10.3 Å². The maximum Gasteiger partial charge on any atom is 0.306 e. The number of aromatic nitrogens is 1. The number of hydrogen-bond acceptors (Lipinski definition) is 5. The summed E-state index contributed by atoms with van der Waals surface area (Å²) in [7, 11) is 1.66. The molecule has 0 aliphatic heterocycles. The second-order valence-electron chi connectivity index (χ2n) is 9.42. The van der Waals surface area contributed by atoms with Crippen LogP contribution in [0.1, 0.15) is 50.1 Å². The lowest BCUT2D eigenvalue weighted by molar-refractivity contribution is -0.147. The van der Waals surface area contributed by atoms with Crippen LogP contribution in [0.4, 0.5) is 4.39 Å². The zero-order chi connectivity index (χ0) is 26.4. The van der Waals surface area contributed by atoms with Crippen LogP contribution in [0.15, 0.2) is 72.8 Å². The fraction of sp³-hybridized carbons (Fsp3) is 0.290. The predicted molar refractivity (Wildman–Crippen MR) is 145 cm³/mol. The highest BCUT2D eigenvalue weighted by Crippen LogP contribution is 2.31. The lowest BCUT2D eigenvalue weighted by Crippen LogP contribution is -2.19. The van der Waals surface area contributed by atoms with Gasteiger partial charge in [0.25, 0.3) is 0 Å². The van der Waals surface area contributed by atoms with Crippen LogP contribution >= 0.6 is 0 Å². The summed E-state index contributed by atoms with van der Waals surface area (Å²) in [6.07, 6.45) is 0.195. The zero-order valence-corrected chi connectivity index (χ0v) is 21.8. The van der Waals surface area contributed by atoms with Gasteiger partial charge < -0.3 is 14.8 Å². The van der Waals surface area contributed by atoms with Gasteiger partial charge in [-0.15, -0.1) is 0 Å². The third kappa shape index (κ3) is 6.71. The van der Waals surface area contributed by atoms with Gasteiger partial charge in [-0.05, 0) is 80.1 Å². The number of benzene rings is 3. The summed E-state index contributed by atoms with van der Waals surface area (Å²) < 4.78 is 25.2. The van der Waals surface area contributed by atoms with Crippen molar-refractivity contribution in [2.24, 2.45) is 0 Å². The molecule has 1 atom stereocenters. The van der Waals surface area contributed by atoms with E-state index in [2.05, 4.69) is 30.4 Å². The number of carbonyl (C=O) groups is 1. The fourth-order valence-corrected chi connectivity index (χ4v) is 4.29. The molecule has 0 saturated heterocycles. The van der Waals surface area contributed by atoms with E-state index in [0.717, 1.165) is 39.0 Å². The van der Waals surface area contributed by atoms with Crippen molar-refractivity contribution in [3.05, 3.63) is 95.4 Å². The maximum absolute atomic E-state index is 14.6. The summed E-state index contributed by atoms with van der Waals surface area (Å²) >= 11 is 0. The van der Waals surface area contributed by atoms with Crippen LogP contribution in [-0.2, 0) is 22.5 Å². The Hall–Kier alpha value is -3.77. The Morgan fingerprint density at radius 3 is 2.59 bits per heavy atom. The molecule has 0 amide bonds. The van der Waals surface area contributed by atoms with Crippen molar-refractivity contribution in [1.29, 1.82) is 0 Å². The number of esters is 1. The van der Waals surface area contributed by atoms with E-state index >= 15 is 0 Å². The topological polar surface area (TPSA) is 60.5 Å². The SMILES string of the molecule is COc1cccc(CNC(C)c2cc3ccccc3c(-c3ccc(F)c(CCC(=O)OC(C)C)c3)n2)c1. The monoisotopic (exact) mass is 500 g/mol. The summed E-state index contributed by atoms with van der Waals surface area (Å²) in [5.41, 5.74) is 4.08. The Balaban J connectivity index is 1.62. The first-order valence-corrected chi connectivity index (χ1v) is 12.6. The Morgan fingerprint density at radius 1 is 1.00 bits per heavy atom. The number of hydrogen-bond donors (Lipinski definition) is 1. The van der Waals surface area contributed by atoms with Gasteiger partial charge >= 0.3 is 5.97 Å². The van der Waals surface area contributed by atoms with Crippen molar-refractivity contribution in [3.8, 4) is 17.0 Å². The minimum Gasteiger partial charge on any atom is -0.497 e. The molecule has 0 aliphatic rings. The predicted octanol–water partition coefficient (Wildman–Crippen LogP) is 6.78. The van der Waals surface area contributed by atoms with E-state index < -0.39 is 0 Å². The Kier molecular flexibility index (Phi) is 8.51. The van der Waals surface area contributed by atoms with Crippen LogP contribution in [0.2, 0.25) is 0 Å². The number of fused-ring (bicyclic) bond motifs is 1. The Morgan fingerprint density at radius 2 is 1.81 bits per heavy atom. The van der Waals surface area contributed by atoms with Gasteiger partial charge in [-0.3, -0.25) is 9.78 Å². The zero-order valence-electron chi connectivity index (χ0n) is 21.8. The molecule has 5 nitrogen and oxygen atoms in total. The largest absolute Gasteiger partial charge is 0.497 e. The Labute approximate surface area is 217 Å². The molecule has 1 N–H and O–H groups in total. The van der Waals surface area contributed by atoms with Crippen LogP contribution in [-0.4, -0.2) is 24.2 Å². The first kappa shape index (κ1) is 26.3. The lowest BCUT2D eigenvalue weighted by atomic mass is 9.98. The minimum atomic E-state index is -0.338. The number of nitrogens with zero attached hydrogens (tertiary/aromatic N) is 1. The van der Waals surface area contributed by atoms with Gasteiger partial charge in [0.05, 0.1) is 24.6 Å². The van der Waals surface area contributed by atoms with E-state index in [1.54, 1.807) is 33.1 Å². The smallest absolute Gasteiger partial charge is 0.306 e. The molecule has 0 fully saturated rings. The van der Waals surface area contributed by atoms with Gasteiger partial charge in [0, 0.05) is 30.0 Å². The molecule has 0 spiro atoms. The quantitative estimate of drug-likeness (QED) is 0.243. The molecule has 1 unspecified atom stereocenters. The van der Waals surface area contributed by atoms with Gasteiger partial charge in [0.1, 0.15) is 11.6 Å². The molecule has 6 heteroatoms. The molecule has 192 valence electrons. The molecule has 0 aliphatic carbocycles. The van der Waals surface area contributed by atoms with Gasteiger partial charge in [-0.25, -0.2) is 4.39 Å². The number of aryl methyl sites for hydroxylation is 1. The lowest BCUT2D eigenvalue weighted by Gasteiger charge is -2.17. The van der Waals surface area contributed by atoms with Gasteiger partial charge in [-0.2, -0.15) is 0 Å². The van der Waals surface area contributed by atoms with Crippen molar-refractivity contribution in [2.75, 3.05) is 7.11 Å². The summed E-state index contributed by atoms with van der Waals surface area (Å²) in [5, 5.41) is 5.60. The third-order valence-electron chi connectivity index (χ3n) is 6.24. The van der Waals surface area contributed by atoms with E-state index in [4.69, 9.17) is 14.5 Å². The second-order valence-corrected chi connectivity index (χ2v) is 9.42. The van der Waals surface area contributed by atoms with Crippen molar-refractivity contribution >= 4 is 16.7 Å². The van der Waals surface area contributed by atoms with E-state index in [9.17, 15) is 9.18 Å². The molecule has 3 aromatic carbocycles. The summed E-state index contributed by atoms with van der Waals surface area (Å²) in [4.78, 5) is 17.0. The standard InChI is InChI=1S/C31H33FN2O3/c1-20(2)37-30(35)15-13-24-17-25(12-14-28(24)32)31-27-11-6-5-9-23(27)18-29(34-31)21(3)33-19-22-8-7-10-26(16-22)36-4/h5-12,14,16-18,20-21,33H,13,15,19H2,1-4H3. The molecular weight excluding hydrogens is 467 g/mol. The van der Waals surface area contributed by atoms with E-state index in [1.165, 1.54) is 6.07 Å². The summed E-state index contributed by atoms with van der Waals surface area (Å²) in [6.45, 7) is 6.34. The normalized spacial score (nSPS) is 12.1. The number of ether oxygens (including phenoxy) is 2. The highest BCUT2D eigenvalue weighted by molar-refractivity contribution is 5.95. The molecule has 0 saturated carbocycles. The third-order valence-corrected chi connectivity index (χ3v) is 6.24. The number of halogens is 1. The highest BCUT2D eigenvalue weighted by atomic mass is 19.1. The van der Waals surface area contributed by atoms with E-state index in [1.807, 2.05) is 36.4 Å². The average Bonchev–Trinajstić information content (AvgIpc) is 2.90. The molecule has 1 heterocycles. The van der Waals surface area contributed by atoms with Gasteiger partial charge in [-0.1, -0.05) is 36.4 Å². The van der Waals surface area contributed by atoms with Crippen LogP contribution in [0.3, 0.4) is 0 Å². The van der Waals surface area contributed by atoms with E-state index in [-0.39, 0.29) is 36.8 Å². The molecular formula is C31H33FN2O3. The number of rotatable bonds is 10. The molecule has 4 aromatic rings. The van der Waals surface area contributed by atoms with Crippen LogP contribution in [0.5, 0.6) is 5.75 Å². The summed E-state index contributed by atoms with van der Waals surface area (Å²) in [6, 6.07) is 23.1. The molecule has 0 bridgehead atoms. The molecule has 4 rings (SSSR count). The fourth-order valence-electron chi connectivity index (χ4n) is 4.29. The van der Waals surface area contributed by atoms with Crippen molar-refractivity contribution < 1.29 is 18.7 Å². The second kappa shape index (κ2) is 12.0. The number of methoxy groups -OCH3 is 1. The van der Waals surface area contributed by atoms with Gasteiger partial charge in [0.2, 0.25) is 0 Å². The van der Waals surface area contributed by atoms with Gasteiger partial charge in [0.15, 0.2) is 0 Å². The van der Waals surface area contributed by atoms with Crippen LogP contribution in [0, 0.1) is 5.82 Å². The van der Waals surface area contributed by atoms with E-state index in [0.29, 0.717) is 12.1 Å². The van der Waals surface area contributed by atoms with Crippen molar-refractivity contribution in [3.63, 3.8) is 0 Å². The first-order valence-electron chi connectivity index (χ1n) is 12.6. The number of nitrogens with one attached hydrogen (secondary N) is 1. The number of pyridine rings is 1. The highest BCUT2D eigenvalue weighted by Gasteiger charge is 2.15.